The zero-order valence-corrected chi connectivity index (χ0v) is 12.1. The maximum atomic E-state index is 12.7. The Morgan fingerprint density at radius 2 is 2.10 bits per heavy atom. The summed E-state index contributed by atoms with van der Waals surface area (Å²) in [7, 11) is 1.72. The van der Waals surface area contributed by atoms with Crippen molar-refractivity contribution >= 4 is 11.8 Å². The van der Waals surface area contributed by atoms with E-state index in [9.17, 15) is 13.2 Å². The van der Waals surface area contributed by atoms with E-state index in [1.165, 1.54) is 23.9 Å². The van der Waals surface area contributed by atoms with Crippen LogP contribution in [-0.2, 0) is 6.18 Å². The number of halogens is 3. The predicted octanol–water partition coefficient (Wildman–Crippen LogP) is 3.55. The molecule has 1 N–H and O–H groups in total. The van der Waals surface area contributed by atoms with Crippen LogP contribution in [0.2, 0.25) is 0 Å². The first-order valence-electron chi connectivity index (χ1n) is 6.24. The molecular formula is C14H14F3N3S. The van der Waals surface area contributed by atoms with Crippen molar-refractivity contribution in [3.63, 3.8) is 0 Å². The van der Waals surface area contributed by atoms with E-state index in [2.05, 4.69) is 15.3 Å². The average Bonchev–Trinajstić information content (AvgIpc) is 2.48. The fraction of sp³-hybridized carbons (Fsp3) is 0.286. The number of hydrogen-bond acceptors (Lipinski definition) is 4. The van der Waals surface area contributed by atoms with Crippen molar-refractivity contribution < 1.29 is 13.2 Å². The second-order valence-corrected chi connectivity index (χ2v) is 5.36. The summed E-state index contributed by atoms with van der Waals surface area (Å²) in [6.45, 7) is 0. The van der Waals surface area contributed by atoms with Gasteiger partial charge in [0.15, 0.2) is 0 Å². The SMILES string of the molecule is CNC(CSc1cnccn1)c1cccc(C(F)(F)F)c1. The second kappa shape index (κ2) is 6.91. The van der Waals surface area contributed by atoms with Gasteiger partial charge in [-0.2, -0.15) is 13.2 Å². The van der Waals surface area contributed by atoms with Crippen LogP contribution in [0.1, 0.15) is 17.2 Å². The van der Waals surface area contributed by atoms with Gasteiger partial charge in [-0.3, -0.25) is 4.98 Å². The molecule has 1 atom stereocenters. The molecule has 0 radical (unpaired) electrons. The normalized spacial score (nSPS) is 13.1. The molecule has 0 saturated carbocycles. The zero-order valence-electron chi connectivity index (χ0n) is 11.3. The van der Waals surface area contributed by atoms with Crippen LogP contribution in [0.3, 0.4) is 0 Å². The van der Waals surface area contributed by atoms with Gasteiger partial charge in [0.2, 0.25) is 0 Å². The van der Waals surface area contributed by atoms with Crippen LogP contribution < -0.4 is 5.32 Å². The van der Waals surface area contributed by atoms with Gasteiger partial charge >= 0.3 is 6.18 Å². The van der Waals surface area contributed by atoms with Crippen LogP contribution in [0.25, 0.3) is 0 Å². The molecule has 1 heterocycles. The molecule has 2 aromatic rings. The molecule has 0 bridgehead atoms. The number of benzene rings is 1. The Kier molecular flexibility index (Phi) is 5.19. The van der Waals surface area contributed by atoms with Crippen LogP contribution in [0.5, 0.6) is 0 Å². The van der Waals surface area contributed by atoms with Gasteiger partial charge < -0.3 is 5.32 Å². The van der Waals surface area contributed by atoms with Crippen LogP contribution >= 0.6 is 11.8 Å². The van der Waals surface area contributed by atoms with Crippen LogP contribution in [0.4, 0.5) is 13.2 Å². The molecule has 0 fully saturated rings. The maximum absolute atomic E-state index is 12.7. The minimum Gasteiger partial charge on any atom is -0.312 e. The van der Waals surface area contributed by atoms with Gasteiger partial charge in [0.1, 0.15) is 5.03 Å². The van der Waals surface area contributed by atoms with E-state index < -0.39 is 11.7 Å². The maximum Gasteiger partial charge on any atom is 0.416 e. The predicted molar refractivity (Wildman–Crippen MR) is 76.0 cm³/mol. The van der Waals surface area contributed by atoms with Crippen LogP contribution in [0.15, 0.2) is 47.9 Å². The lowest BCUT2D eigenvalue weighted by Crippen LogP contribution is -2.19. The lowest BCUT2D eigenvalue weighted by Gasteiger charge is -2.17. The van der Waals surface area contributed by atoms with Gasteiger partial charge in [0, 0.05) is 24.2 Å². The Morgan fingerprint density at radius 1 is 1.29 bits per heavy atom. The first kappa shape index (κ1) is 15.8. The number of rotatable bonds is 5. The highest BCUT2D eigenvalue weighted by molar-refractivity contribution is 7.99. The number of alkyl halides is 3. The molecule has 0 spiro atoms. The Morgan fingerprint density at radius 3 is 2.71 bits per heavy atom. The Labute approximate surface area is 125 Å². The Bertz CT molecular complexity index is 575. The second-order valence-electron chi connectivity index (χ2n) is 4.32. The van der Waals surface area contributed by atoms with Gasteiger partial charge in [-0.25, -0.2) is 4.98 Å². The summed E-state index contributed by atoms with van der Waals surface area (Å²) in [4.78, 5) is 8.08. The third-order valence-electron chi connectivity index (χ3n) is 2.90. The topological polar surface area (TPSA) is 37.8 Å². The summed E-state index contributed by atoms with van der Waals surface area (Å²) in [6.07, 6.45) is 0.462. The fourth-order valence-corrected chi connectivity index (χ4v) is 2.77. The van der Waals surface area contributed by atoms with E-state index in [1.807, 2.05) is 0 Å². The van der Waals surface area contributed by atoms with Crippen molar-refractivity contribution in [2.24, 2.45) is 0 Å². The van der Waals surface area contributed by atoms with Gasteiger partial charge in [-0.05, 0) is 24.7 Å². The molecule has 21 heavy (non-hydrogen) atoms. The molecule has 1 aromatic heterocycles. The van der Waals surface area contributed by atoms with E-state index in [-0.39, 0.29) is 6.04 Å². The third kappa shape index (κ3) is 4.44. The third-order valence-corrected chi connectivity index (χ3v) is 3.91. The highest BCUT2D eigenvalue weighted by atomic mass is 32.2. The Balaban J connectivity index is 2.10. The van der Waals surface area contributed by atoms with E-state index in [4.69, 9.17) is 0 Å². The summed E-state index contributed by atoms with van der Waals surface area (Å²) in [5.74, 6) is 0.566. The highest BCUT2D eigenvalue weighted by Gasteiger charge is 2.30. The summed E-state index contributed by atoms with van der Waals surface area (Å²) in [6, 6.07) is 5.17. The van der Waals surface area contributed by atoms with E-state index in [0.29, 0.717) is 11.3 Å². The lowest BCUT2D eigenvalue weighted by molar-refractivity contribution is -0.137. The van der Waals surface area contributed by atoms with Crippen molar-refractivity contribution in [2.75, 3.05) is 12.8 Å². The minimum absolute atomic E-state index is 0.195. The Hall–Kier alpha value is -1.60. The lowest BCUT2D eigenvalue weighted by atomic mass is 10.1. The number of nitrogens with one attached hydrogen (secondary N) is 1. The molecule has 3 nitrogen and oxygen atoms in total. The van der Waals surface area contributed by atoms with Crippen molar-refractivity contribution in [2.45, 2.75) is 17.2 Å². The number of nitrogens with zero attached hydrogens (tertiary/aromatic N) is 2. The molecule has 7 heteroatoms. The summed E-state index contributed by atoms with van der Waals surface area (Å²) < 4.78 is 38.2. The molecule has 112 valence electrons. The van der Waals surface area contributed by atoms with Crippen LogP contribution in [0, 0.1) is 0 Å². The molecule has 0 saturated heterocycles. The highest BCUT2D eigenvalue weighted by Crippen LogP contribution is 2.31. The first-order valence-corrected chi connectivity index (χ1v) is 7.22. The fourth-order valence-electron chi connectivity index (χ4n) is 1.81. The van der Waals surface area contributed by atoms with E-state index in [0.717, 1.165) is 11.1 Å². The van der Waals surface area contributed by atoms with Crippen LogP contribution in [-0.4, -0.2) is 22.8 Å². The summed E-state index contributed by atoms with van der Waals surface area (Å²) >= 11 is 1.44. The van der Waals surface area contributed by atoms with E-state index >= 15 is 0 Å². The number of thioether (sulfide) groups is 1. The van der Waals surface area contributed by atoms with Gasteiger partial charge in [-0.1, -0.05) is 12.1 Å². The van der Waals surface area contributed by atoms with E-state index in [1.54, 1.807) is 31.7 Å². The minimum atomic E-state index is -4.33. The summed E-state index contributed by atoms with van der Waals surface area (Å²) in [5.41, 5.74) is -0.0338. The zero-order chi connectivity index (χ0) is 15.3. The molecule has 0 aliphatic carbocycles. The standard InChI is InChI=1S/C14H14F3N3S/c1-18-12(9-21-13-8-19-5-6-20-13)10-3-2-4-11(7-10)14(15,16)17/h2-8,12,18H,9H2,1H3. The molecular weight excluding hydrogens is 299 g/mol. The number of aromatic nitrogens is 2. The van der Waals surface area contributed by atoms with Gasteiger partial charge in [0.05, 0.1) is 11.8 Å². The smallest absolute Gasteiger partial charge is 0.312 e. The molecule has 2 rings (SSSR count). The molecule has 0 aliphatic heterocycles. The molecule has 0 amide bonds. The van der Waals surface area contributed by atoms with Gasteiger partial charge in [-0.15, -0.1) is 11.8 Å². The summed E-state index contributed by atoms with van der Waals surface area (Å²) in [5, 5.41) is 3.77. The van der Waals surface area contributed by atoms with Crippen molar-refractivity contribution in [3.05, 3.63) is 54.0 Å². The molecule has 0 aliphatic rings. The van der Waals surface area contributed by atoms with Gasteiger partial charge in [0.25, 0.3) is 0 Å². The van der Waals surface area contributed by atoms with Crippen molar-refractivity contribution in [1.29, 1.82) is 0 Å². The molecule has 1 unspecified atom stereocenters. The largest absolute Gasteiger partial charge is 0.416 e. The van der Waals surface area contributed by atoms with Crippen molar-refractivity contribution in [3.8, 4) is 0 Å². The number of hydrogen-bond donors (Lipinski definition) is 1. The average molecular weight is 313 g/mol. The quantitative estimate of drug-likeness (QED) is 0.857. The van der Waals surface area contributed by atoms with Crippen molar-refractivity contribution in [1.82, 2.24) is 15.3 Å². The first-order chi connectivity index (χ1) is 10.0. The molecule has 1 aromatic carbocycles. The monoisotopic (exact) mass is 313 g/mol.